The van der Waals surface area contributed by atoms with Gasteiger partial charge in [-0.25, -0.2) is 4.98 Å². The van der Waals surface area contributed by atoms with Crippen LogP contribution in [0.15, 0.2) is 36.5 Å². The minimum atomic E-state index is -0.338. The Hall–Kier alpha value is -3.07. The van der Waals surface area contributed by atoms with E-state index in [-0.39, 0.29) is 5.91 Å². The fourth-order valence-corrected chi connectivity index (χ4v) is 1.97. The Morgan fingerprint density at radius 2 is 2.10 bits per heavy atom. The monoisotopic (exact) mass is 281 g/mol. The summed E-state index contributed by atoms with van der Waals surface area (Å²) in [6.07, 6.45) is 1.40. The van der Waals surface area contributed by atoms with E-state index in [0.717, 1.165) is 0 Å². The van der Waals surface area contributed by atoms with E-state index in [9.17, 15) is 4.79 Å². The van der Waals surface area contributed by atoms with Crippen molar-refractivity contribution in [2.75, 3.05) is 18.5 Å². The molecule has 6 nitrogen and oxygen atoms in total. The second-order valence-electron chi connectivity index (χ2n) is 4.33. The predicted octanol–water partition coefficient (Wildman–Crippen LogP) is 1.98. The number of benzene rings is 1. The summed E-state index contributed by atoms with van der Waals surface area (Å²) in [5, 5.41) is 11.4. The molecule has 104 valence electrons. The van der Waals surface area contributed by atoms with E-state index in [1.54, 1.807) is 30.3 Å². The molecule has 0 fully saturated rings. The Morgan fingerprint density at radius 3 is 2.86 bits per heavy atom. The van der Waals surface area contributed by atoms with E-state index in [1.165, 1.54) is 6.20 Å². The first-order valence-corrected chi connectivity index (χ1v) is 6.34. The first-order valence-electron chi connectivity index (χ1n) is 6.34. The average molecular weight is 281 g/mol. The van der Waals surface area contributed by atoms with Gasteiger partial charge in [-0.2, -0.15) is 5.26 Å². The summed E-state index contributed by atoms with van der Waals surface area (Å²) < 4.78 is 10.9. The van der Waals surface area contributed by atoms with Crippen LogP contribution in [0.3, 0.4) is 0 Å². The molecule has 1 amide bonds. The van der Waals surface area contributed by atoms with Gasteiger partial charge >= 0.3 is 0 Å². The number of aromatic nitrogens is 1. The molecule has 0 saturated heterocycles. The van der Waals surface area contributed by atoms with Crippen LogP contribution in [0.1, 0.15) is 15.9 Å². The first-order chi connectivity index (χ1) is 10.3. The van der Waals surface area contributed by atoms with E-state index in [1.807, 2.05) is 6.07 Å². The highest BCUT2D eigenvalue weighted by atomic mass is 16.6. The quantitative estimate of drug-likeness (QED) is 0.909. The second kappa shape index (κ2) is 5.51. The number of nitrogens with one attached hydrogen (secondary N) is 1. The minimum Gasteiger partial charge on any atom is -0.486 e. The molecule has 0 unspecified atom stereocenters. The summed E-state index contributed by atoms with van der Waals surface area (Å²) in [6.45, 7) is 0.877. The lowest BCUT2D eigenvalue weighted by Gasteiger charge is -2.20. The Balaban J connectivity index is 1.84. The van der Waals surface area contributed by atoms with Gasteiger partial charge in [0.05, 0.1) is 11.1 Å². The van der Waals surface area contributed by atoms with Gasteiger partial charge in [0.1, 0.15) is 25.1 Å². The third-order valence-corrected chi connectivity index (χ3v) is 2.95. The fourth-order valence-electron chi connectivity index (χ4n) is 1.97. The SMILES string of the molecule is N#Cc1ccc(NC(=O)c2cccc3c2OCCO3)nc1. The Labute approximate surface area is 120 Å². The molecular weight excluding hydrogens is 270 g/mol. The molecule has 6 heteroatoms. The highest BCUT2D eigenvalue weighted by Gasteiger charge is 2.20. The molecule has 1 aromatic heterocycles. The largest absolute Gasteiger partial charge is 0.486 e. The number of hydrogen-bond donors (Lipinski definition) is 1. The molecule has 1 aromatic carbocycles. The van der Waals surface area contributed by atoms with Crippen LogP contribution < -0.4 is 14.8 Å². The van der Waals surface area contributed by atoms with Gasteiger partial charge in [-0.3, -0.25) is 4.79 Å². The number of anilines is 1. The minimum absolute atomic E-state index is 0.338. The molecule has 2 heterocycles. The van der Waals surface area contributed by atoms with E-state index >= 15 is 0 Å². The summed E-state index contributed by atoms with van der Waals surface area (Å²) in [4.78, 5) is 16.3. The molecule has 0 aliphatic carbocycles. The van der Waals surface area contributed by atoms with E-state index < -0.39 is 0 Å². The lowest BCUT2D eigenvalue weighted by atomic mass is 10.1. The van der Waals surface area contributed by atoms with Gasteiger partial charge in [0.25, 0.3) is 5.91 Å². The van der Waals surface area contributed by atoms with Gasteiger partial charge in [-0.15, -0.1) is 0 Å². The molecule has 2 aromatic rings. The third kappa shape index (κ3) is 2.62. The van der Waals surface area contributed by atoms with Gasteiger partial charge in [0.2, 0.25) is 0 Å². The van der Waals surface area contributed by atoms with Crippen LogP contribution in [0.25, 0.3) is 0 Å². The van der Waals surface area contributed by atoms with Crippen molar-refractivity contribution in [3.05, 3.63) is 47.7 Å². The number of pyridine rings is 1. The van der Waals surface area contributed by atoms with Crippen LogP contribution in [0.4, 0.5) is 5.82 Å². The maximum atomic E-state index is 12.3. The van der Waals surface area contributed by atoms with Crippen molar-refractivity contribution in [3.63, 3.8) is 0 Å². The summed E-state index contributed by atoms with van der Waals surface area (Å²) in [5.74, 6) is 1.03. The van der Waals surface area contributed by atoms with Crippen LogP contribution in [0.2, 0.25) is 0 Å². The standard InChI is InChI=1S/C15H11N3O3/c16-8-10-4-5-13(17-9-10)18-15(19)11-2-1-3-12-14(11)21-7-6-20-12/h1-5,9H,6-7H2,(H,17,18,19). The number of carbonyl (C=O) groups is 1. The Kier molecular flexibility index (Phi) is 3.39. The van der Waals surface area contributed by atoms with Crippen LogP contribution in [0, 0.1) is 11.3 Å². The summed E-state index contributed by atoms with van der Waals surface area (Å²) in [6, 6.07) is 10.3. The predicted molar refractivity (Wildman–Crippen MR) is 74.3 cm³/mol. The molecule has 0 radical (unpaired) electrons. The summed E-state index contributed by atoms with van der Waals surface area (Å²) >= 11 is 0. The van der Waals surface area contributed by atoms with Crippen LogP contribution in [-0.4, -0.2) is 24.1 Å². The zero-order valence-electron chi connectivity index (χ0n) is 11.0. The number of nitrogens with zero attached hydrogens (tertiary/aromatic N) is 2. The summed E-state index contributed by atoms with van der Waals surface area (Å²) in [7, 11) is 0. The lowest BCUT2D eigenvalue weighted by molar-refractivity contribution is 0.101. The fraction of sp³-hybridized carbons (Fsp3) is 0.133. The average Bonchev–Trinajstić information content (AvgIpc) is 2.55. The number of ether oxygens (including phenoxy) is 2. The van der Waals surface area contributed by atoms with Crippen molar-refractivity contribution < 1.29 is 14.3 Å². The Bertz CT molecular complexity index is 720. The van der Waals surface area contributed by atoms with Crippen LogP contribution in [0.5, 0.6) is 11.5 Å². The van der Waals surface area contributed by atoms with Crippen molar-refractivity contribution in [2.24, 2.45) is 0 Å². The molecule has 0 atom stereocenters. The number of fused-ring (bicyclic) bond motifs is 1. The van der Waals surface area contributed by atoms with Gasteiger partial charge in [0.15, 0.2) is 11.5 Å². The molecule has 1 aliphatic rings. The zero-order valence-corrected chi connectivity index (χ0v) is 11.0. The van der Waals surface area contributed by atoms with Gasteiger partial charge in [0, 0.05) is 6.20 Å². The van der Waals surface area contributed by atoms with Crippen molar-refractivity contribution >= 4 is 11.7 Å². The maximum absolute atomic E-state index is 12.3. The number of rotatable bonds is 2. The van der Waals surface area contributed by atoms with Crippen LogP contribution >= 0.6 is 0 Å². The summed E-state index contributed by atoms with van der Waals surface area (Å²) in [5.41, 5.74) is 0.820. The van der Waals surface area contributed by atoms with E-state index in [0.29, 0.717) is 41.7 Å². The van der Waals surface area contributed by atoms with Crippen molar-refractivity contribution in [1.29, 1.82) is 5.26 Å². The normalized spacial score (nSPS) is 12.3. The number of hydrogen-bond acceptors (Lipinski definition) is 5. The van der Waals surface area contributed by atoms with Crippen molar-refractivity contribution in [1.82, 2.24) is 4.98 Å². The number of amides is 1. The smallest absolute Gasteiger partial charge is 0.260 e. The third-order valence-electron chi connectivity index (χ3n) is 2.95. The van der Waals surface area contributed by atoms with Gasteiger partial charge in [-0.1, -0.05) is 6.07 Å². The molecule has 0 bridgehead atoms. The van der Waals surface area contributed by atoms with E-state index in [2.05, 4.69) is 10.3 Å². The van der Waals surface area contributed by atoms with Crippen molar-refractivity contribution in [2.45, 2.75) is 0 Å². The van der Waals surface area contributed by atoms with Gasteiger partial charge < -0.3 is 14.8 Å². The number of para-hydroxylation sites is 1. The van der Waals surface area contributed by atoms with E-state index in [4.69, 9.17) is 14.7 Å². The van der Waals surface area contributed by atoms with Gasteiger partial charge in [-0.05, 0) is 24.3 Å². The molecular formula is C15H11N3O3. The second-order valence-corrected chi connectivity index (χ2v) is 4.33. The highest BCUT2D eigenvalue weighted by molar-refractivity contribution is 6.06. The number of nitriles is 1. The maximum Gasteiger partial charge on any atom is 0.260 e. The molecule has 1 aliphatic heterocycles. The highest BCUT2D eigenvalue weighted by Crippen LogP contribution is 2.33. The molecule has 3 rings (SSSR count). The first kappa shape index (κ1) is 12.9. The van der Waals surface area contributed by atoms with Crippen LogP contribution in [-0.2, 0) is 0 Å². The molecule has 1 N–H and O–H groups in total. The Morgan fingerprint density at radius 1 is 1.24 bits per heavy atom. The lowest BCUT2D eigenvalue weighted by Crippen LogP contribution is -2.20. The topological polar surface area (TPSA) is 84.2 Å². The zero-order chi connectivity index (χ0) is 14.7. The number of carbonyl (C=O) groups excluding carboxylic acids is 1. The molecule has 0 saturated carbocycles. The van der Waals surface area contributed by atoms with Crippen molar-refractivity contribution in [3.8, 4) is 17.6 Å². The molecule has 0 spiro atoms. The molecule has 21 heavy (non-hydrogen) atoms.